The Hall–Kier alpha value is -1.72. The number of hydrogen-bond donors (Lipinski definition) is 0. The fourth-order valence-electron chi connectivity index (χ4n) is 1.34. The van der Waals surface area contributed by atoms with Gasteiger partial charge in [0.2, 0.25) is 0 Å². The lowest BCUT2D eigenvalue weighted by molar-refractivity contribution is 0.0665. The van der Waals surface area contributed by atoms with Crippen molar-refractivity contribution in [3.63, 3.8) is 0 Å². The topological polar surface area (TPSA) is 35.6 Å². The molecule has 6 heteroatoms. The lowest BCUT2D eigenvalue weighted by Gasteiger charge is -2.05. The summed E-state index contributed by atoms with van der Waals surface area (Å²) in [5, 5.41) is 4.10. The highest BCUT2D eigenvalue weighted by Gasteiger charge is 2.11. The molecule has 2 aromatic heterocycles. The van der Waals surface area contributed by atoms with E-state index in [0.29, 0.717) is 5.82 Å². The minimum Gasteiger partial charge on any atom is -0.276 e. The van der Waals surface area contributed by atoms with Crippen molar-refractivity contribution in [2.24, 2.45) is 0 Å². The van der Waals surface area contributed by atoms with Crippen LogP contribution < -0.4 is 0 Å². The largest absolute Gasteiger partial charge is 0.319 e. The third-order valence-corrected chi connectivity index (χ3v) is 2.04. The normalized spacial score (nSPS) is 11.2. The average Bonchev–Trinajstić information content (AvgIpc) is 2.75. The predicted molar refractivity (Wildman–Crippen MR) is 49.5 cm³/mol. The van der Waals surface area contributed by atoms with Gasteiger partial charge in [-0.05, 0) is 13.0 Å². The summed E-state index contributed by atoms with van der Waals surface area (Å²) in [7, 11) is 0. The second-order valence-corrected chi connectivity index (χ2v) is 3.18. The van der Waals surface area contributed by atoms with E-state index in [-0.39, 0.29) is 6.54 Å². The highest BCUT2D eigenvalue weighted by Crippen LogP contribution is 2.12. The zero-order chi connectivity index (χ0) is 10.8. The summed E-state index contributed by atoms with van der Waals surface area (Å²) in [5.41, 5.74) is 0.852. The van der Waals surface area contributed by atoms with Gasteiger partial charge in [-0.3, -0.25) is 9.25 Å². The van der Waals surface area contributed by atoms with Gasteiger partial charge in [0.05, 0.1) is 12.2 Å². The van der Waals surface area contributed by atoms with Gasteiger partial charge in [-0.2, -0.15) is 13.9 Å². The molecule has 0 atom stereocenters. The molecule has 0 amide bonds. The quantitative estimate of drug-likeness (QED) is 0.778. The smallest absolute Gasteiger partial charge is 0.276 e. The summed E-state index contributed by atoms with van der Waals surface area (Å²) in [5.74, 6) is 0.299. The Kier molecular flexibility index (Phi) is 2.49. The van der Waals surface area contributed by atoms with Crippen molar-refractivity contribution in [3.8, 4) is 0 Å². The molecule has 0 aromatic carbocycles. The van der Waals surface area contributed by atoms with E-state index >= 15 is 0 Å². The molecule has 0 aliphatic rings. The monoisotopic (exact) mass is 212 g/mol. The van der Waals surface area contributed by atoms with Crippen LogP contribution in [0.3, 0.4) is 0 Å². The first-order chi connectivity index (χ1) is 7.16. The molecular weight excluding hydrogens is 202 g/mol. The van der Waals surface area contributed by atoms with Gasteiger partial charge in [-0.25, -0.2) is 4.98 Å². The number of aryl methyl sites for hydroxylation is 1. The molecular formula is C9H10F2N4. The second-order valence-electron chi connectivity index (χ2n) is 3.18. The molecule has 0 aliphatic heterocycles. The molecule has 0 bridgehead atoms. The Bertz CT molecular complexity index is 446. The van der Waals surface area contributed by atoms with Crippen LogP contribution in [0, 0.1) is 6.92 Å². The standard InChI is InChI=1S/C9H10F2N4/c1-7-2-4-14(13-7)6-8-12-3-5-15(8)9(10)11/h2-5,9H,6H2,1H3. The van der Waals surface area contributed by atoms with E-state index in [1.807, 2.05) is 13.0 Å². The molecule has 0 saturated heterocycles. The van der Waals surface area contributed by atoms with Gasteiger partial charge in [0.15, 0.2) is 0 Å². The molecule has 0 spiro atoms. The first-order valence-corrected chi connectivity index (χ1v) is 4.47. The van der Waals surface area contributed by atoms with Crippen LogP contribution in [0.15, 0.2) is 24.7 Å². The van der Waals surface area contributed by atoms with Crippen LogP contribution in [0.1, 0.15) is 18.1 Å². The number of rotatable bonds is 3. The predicted octanol–water partition coefficient (Wildman–Crippen LogP) is 1.83. The van der Waals surface area contributed by atoms with Crippen LogP contribution in [0.25, 0.3) is 0 Å². The lowest BCUT2D eigenvalue weighted by atomic mass is 10.5. The molecule has 2 rings (SSSR count). The van der Waals surface area contributed by atoms with Crippen LogP contribution in [0.5, 0.6) is 0 Å². The minimum atomic E-state index is -2.56. The maximum Gasteiger partial charge on any atom is 0.319 e. The van der Waals surface area contributed by atoms with Crippen LogP contribution >= 0.6 is 0 Å². The van der Waals surface area contributed by atoms with Crippen molar-refractivity contribution >= 4 is 0 Å². The second kappa shape index (κ2) is 3.80. The van der Waals surface area contributed by atoms with Crippen molar-refractivity contribution in [1.82, 2.24) is 19.3 Å². The maximum atomic E-state index is 12.5. The summed E-state index contributed by atoms with van der Waals surface area (Å²) in [6.45, 7) is -0.458. The molecule has 2 aromatic rings. The van der Waals surface area contributed by atoms with E-state index in [0.717, 1.165) is 10.3 Å². The van der Waals surface area contributed by atoms with E-state index in [2.05, 4.69) is 10.1 Å². The first kappa shape index (κ1) is 9.82. The summed E-state index contributed by atoms with van der Waals surface area (Å²) in [4.78, 5) is 3.86. The number of alkyl halides is 2. The fourth-order valence-corrected chi connectivity index (χ4v) is 1.34. The van der Waals surface area contributed by atoms with E-state index in [4.69, 9.17) is 0 Å². The Morgan fingerprint density at radius 2 is 2.20 bits per heavy atom. The highest BCUT2D eigenvalue weighted by molar-refractivity contribution is 4.98. The fraction of sp³-hybridized carbons (Fsp3) is 0.333. The SMILES string of the molecule is Cc1ccn(Cc2nccn2C(F)F)n1. The number of nitrogens with zero attached hydrogens (tertiary/aromatic N) is 4. The van der Waals surface area contributed by atoms with Crippen molar-refractivity contribution in [2.75, 3.05) is 0 Å². The van der Waals surface area contributed by atoms with Gasteiger partial charge in [0.25, 0.3) is 0 Å². The van der Waals surface area contributed by atoms with Crippen molar-refractivity contribution < 1.29 is 8.78 Å². The van der Waals surface area contributed by atoms with E-state index in [1.165, 1.54) is 12.4 Å². The van der Waals surface area contributed by atoms with Gasteiger partial charge >= 0.3 is 6.55 Å². The first-order valence-electron chi connectivity index (χ1n) is 4.47. The molecule has 0 unspecified atom stereocenters. The molecule has 80 valence electrons. The van der Waals surface area contributed by atoms with Crippen molar-refractivity contribution in [3.05, 3.63) is 36.2 Å². The molecule has 0 N–H and O–H groups in total. The van der Waals surface area contributed by atoms with Crippen molar-refractivity contribution in [2.45, 2.75) is 20.0 Å². The van der Waals surface area contributed by atoms with Gasteiger partial charge in [0, 0.05) is 18.6 Å². The van der Waals surface area contributed by atoms with E-state index in [1.54, 1.807) is 10.9 Å². The zero-order valence-electron chi connectivity index (χ0n) is 8.14. The zero-order valence-corrected chi connectivity index (χ0v) is 8.14. The van der Waals surface area contributed by atoms with Crippen LogP contribution in [-0.2, 0) is 6.54 Å². The number of hydrogen-bond acceptors (Lipinski definition) is 2. The number of imidazole rings is 1. The highest BCUT2D eigenvalue weighted by atomic mass is 19.3. The van der Waals surface area contributed by atoms with Gasteiger partial charge in [-0.15, -0.1) is 0 Å². The molecule has 0 fully saturated rings. The van der Waals surface area contributed by atoms with E-state index < -0.39 is 6.55 Å². The van der Waals surface area contributed by atoms with Gasteiger partial charge in [0.1, 0.15) is 5.82 Å². The summed E-state index contributed by atoms with van der Waals surface area (Å²) in [6, 6.07) is 1.82. The Morgan fingerprint density at radius 1 is 1.40 bits per heavy atom. The lowest BCUT2D eigenvalue weighted by Crippen LogP contribution is -2.09. The van der Waals surface area contributed by atoms with Gasteiger partial charge in [-0.1, -0.05) is 0 Å². The minimum absolute atomic E-state index is 0.255. The number of halogens is 2. The molecule has 0 saturated carbocycles. The van der Waals surface area contributed by atoms with Crippen LogP contribution in [0.2, 0.25) is 0 Å². The Morgan fingerprint density at radius 3 is 2.80 bits per heavy atom. The Balaban J connectivity index is 2.20. The van der Waals surface area contributed by atoms with E-state index in [9.17, 15) is 8.78 Å². The maximum absolute atomic E-state index is 12.5. The summed E-state index contributed by atoms with van der Waals surface area (Å²) >= 11 is 0. The summed E-state index contributed by atoms with van der Waals surface area (Å²) < 4.78 is 27.3. The summed E-state index contributed by atoms with van der Waals surface area (Å²) in [6.07, 6.45) is 4.36. The average molecular weight is 212 g/mol. The molecule has 0 radical (unpaired) electrons. The molecule has 2 heterocycles. The Labute approximate surface area is 85.2 Å². The number of aromatic nitrogens is 4. The third kappa shape index (κ3) is 2.03. The van der Waals surface area contributed by atoms with Gasteiger partial charge < -0.3 is 0 Å². The third-order valence-electron chi connectivity index (χ3n) is 2.04. The molecule has 15 heavy (non-hydrogen) atoms. The van der Waals surface area contributed by atoms with Crippen LogP contribution in [-0.4, -0.2) is 19.3 Å². The van der Waals surface area contributed by atoms with Crippen LogP contribution in [0.4, 0.5) is 8.78 Å². The van der Waals surface area contributed by atoms with Crippen molar-refractivity contribution in [1.29, 1.82) is 0 Å². The molecule has 0 aliphatic carbocycles. The molecule has 4 nitrogen and oxygen atoms in total.